The fourth-order valence-corrected chi connectivity index (χ4v) is 6.63. The molecule has 0 fully saturated rings. The summed E-state index contributed by atoms with van der Waals surface area (Å²) in [5, 5.41) is 0. The second-order valence-corrected chi connectivity index (χ2v) is 14.9. The first-order valence-corrected chi connectivity index (χ1v) is 17.9. The third kappa shape index (κ3) is 9.38. The third-order valence-electron chi connectivity index (χ3n) is 10.2. The van der Waals surface area contributed by atoms with Gasteiger partial charge in [-0.25, -0.2) is 9.59 Å². The number of aromatic nitrogens is 2. The number of nitrogens with zero attached hydrogens (tertiary/aromatic N) is 5. The van der Waals surface area contributed by atoms with Gasteiger partial charge in [0.25, 0.3) is 0 Å². The van der Waals surface area contributed by atoms with Crippen LogP contribution >= 0.6 is 0 Å². The predicted molar refractivity (Wildman–Crippen MR) is 205 cm³/mol. The Morgan fingerprint density at radius 3 is 1.81 bits per heavy atom. The van der Waals surface area contributed by atoms with E-state index in [9.17, 15) is 19.2 Å². The molecule has 5 rings (SSSR count). The van der Waals surface area contributed by atoms with E-state index in [4.69, 9.17) is 4.74 Å². The van der Waals surface area contributed by atoms with Crippen LogP contribution in [0.1, 0.15) is 45.2 Å². The van der Waals surface area contributed by atoms with Crippen molar-refractivity contribution in [2.45, 2.75) is 58.0 Å². The van der Waals surface area contributed by atoms with Gasteiger partial charge in [0.2, 0.25) is 11.8 Å². The van der Waals surface area contributed by atoms with Crippen LogP contribution in [-0.2, 0) is 27.2 Å². The molecule has 4 aromatic rings. The number of carbonyl (C=O) groups excluding carboxylic acids is 3. The Bertz CT molecular complexity index is 1860. The number of likely N-dealkylation sites (N-methyl/N-ethyl adjacent to an activating group) is 2. The average molecular weight is 709 g/mol. The molecule has 1 N–H and O–H groups in total. The van der Waals surface area contributed by atoms with Crippen LogP contribution in [0.3, 0.4) is 0 Å². The van der Waals surface area contributed by atoms with Crippen molar-refractivity contribution in [3.8, 4) is 0 Å². The molecule has 2 heterocycles. The highest BCUT2D eigenvalue weighted by Gasteiger charge is 2.32. The van der Waals surface area contributed by atoms with Crippen LogP contribution in [0.4, 0.5) is 4.79 Å². The van der Waals surface area contributed by atoms with Crippen LogP contribution in [0.15, 0.2) is 95.8 Å². The Morgan fingerprint density at radius 1 is 0.769 bits per heavy atom. The van der Waals surface area contributed by atoms with E-state index in [-0.39, 0.29) is 43.7 Å². The van der Waals surface area contributed by atoms with E-state index >= 15 is 0 Å². The Hall–Kier alpha value is -5.16. The molecule has 1 aliphatic rings. The number of hydrogen-bond acceptors (Lipinski definition) is 6. The van der Waals surface area contributed by atoms with Crippen molar-refractivity contribution >= 4 is 34.6 Å². The molecule has 0 saturated carbocycles. The van der Waals surface area contributed by atoms with Gasteiger partial charge < -0.3 is 24.4 Å². The summed E-state index contributed by atoms with van der Waals surface area (Å²) in [6.45, 7) is 8.98. The van der Waals surface area contributed by atoms with Gasteiger partial charge in [0.1, 0.15) is 6.61 Å². The van der Waals surface area contributed by atoms with Crippen molar-refractivity contribution in [2.75, 3.05) is 53.4 Å². The molecule has 0 unspecified atom stereocenters. The maximum atomic E-state index is 13.8. The molecule has 276 valence electrons. The first-order chi connectivity index (χ1) is 24.7. The molecule has 11 heteroatoms. The van der Waals surface area contributed by atoms with Crippen LogP contribution in [0.5, 0.6) is 0 Å². The molecule has 0 aliphatic carbocycles. The van der Waals surface area contributed by atoms with Gasteiger partial charge in [0.05, 0.1) is 24.1 Å². The summed E-state index contributed by atoms with van der Waals surface area (Å²) in [5.41, 5.74) is 3.46. The second kappa shape index (κ2) is 16.5. The molecule has 0 radical (unpaired) electrons. The Morgan fingerprint density at radius 2 is 1.29 bits per heavy atom. The number of H-pyrrole nitrogens is 1. The molecular weight excluding hydrogens is 656 g/mol. The van der Waals surface area contributed by atoms with Crippen LogP contribution in [0, 0.1) is 0 Å². The van der Waals surface area contributed by atoms with Gasteiger partial charge in [-0.2, -0.15) is 0 Å². The molecule has 0 atom stereocenters. The molecule has 0 bridgehead atoms. The largest absolute Gasteiger partial charge is 0.448 e. The van der Waals surface area contributed by atoms with Gasteiger partial charge in [-0.05, 0) is 69.9 Å². The lowest BCUT2D eigenvalue weighted by Gasteiger charge is -2.39. The van der Waals surface area contributed by atoms with E-state index in [1.165, 1.54) is 0 Å². The number of rotatable bonds is 14. The van der Waals surface area contributed by atoms with Crippen molar-refractivity contribution < 1.29 is 19.1 Å². The maximum Gasteiger partial charge on any atom is 0.410 e. The molecule has 3 aromatic carbocycles. The van der Waals surface area contributed by atoms with Crippen LogP contribution < -0.4 is 5.69 Å². The molecule has 0 saturated heterocycles. The summed E-state index contributed by atoms with van der Waals surface area (Å²) in [6, 6.07) is 27.6. The van der Waals surface area contributed by atoms with Gasteiger partial charge >= 0.3 is 11.8 Å². The second-order valence-electron chi connectivity index (χ2n) is 14.9. The number of ether oxygens (including phenoxy) is 1. The summed E-state index contributed by atoms with van der Waals surface area (Å²) in [7, 11) is 3.59. The van der Waals surface area contributed by atoms with Crippen molar-refractivity contribution in [1.29, 1.82) is 0 Å². The van der Waals surface area contributed by atoms with E-state index < -0.39 is 17.2 Å². The van der Waals surface area contributed by atoms with E-state index in [0.29, 0.717) is 32.4 Å². The van der Waals surface area contributed by atoms with Crippen LogP contribution in [-0.4, -0.2) is 112 Å². The Kier molecular flexibility index (Phi) is 12.1. The van der Waals surface area contributed by atoms with Crippen molar-refractivity contribution in [3.63, 3.8) is 0 Å². The van der Waals surface area contributed by atoms with E-state index in [1.54, 1.807) is 38.3 Å². The molecule has 0 spiro atoms. The van der Waals surface area contributed by atoms with Crippen LogP contribution in [0.2, 0.25) is 0 Å². The van der Waals surface area contributed by atoms with Gasteiger partial charge in [-0.15, -0.1) is 0 Å². The molecule has 11 nitrogen and oxygen atoms in total. The normalized spacial score (nSPS) is 13.6. The quantitative estimate of drug-likeness (QED) is 0.191. The molecular formula is C41H52N6O5. The first-order valence-electron chi connectivity index (χ1n) is 17.9. The van der Waals surface area contributed by atoms with Crippen LogP contribution in [0.25, 0.3) is 16.7 Å². The lowest BCUT2D eigenvalue weighted by Crippen LogP contribution is -2.53. The van der Waals surface area contributed by atoms with E-state index in [1.807, 2.05) is 119 Å². The number of aromatic amines is 1. The zero-order chi connectivity index (χ0) is 37.5. The number of hydrogen-bond donors (Lipinski definition) is 1. The molecule has 1 aromatic heterocycles. The number of nitrogens with one attached hydrogen (secondary N) is 1. The number of para-hydroxylation sites is 2. The Labute approximate surface area is 306 Å². The van der Waals surface area contributed by atoms with Crippen molar-refractivity contribution in [1.82, 2.24) is 29.2 Å². The standard InChI is InChI=1S/C41H52N6O5/c1-40(2,27-31-15-9-7-10-16-31)43(5)36(48)29-45(30-37(49)44(6)41(3,4)28-32-17-11-8-12-18-32)25-26-52-39(51)46-23-21-33(22-24-46)47-35-20-14-13-19-34(35)42-38(47)50/h7-21H,22-30H2,1-6H3,(H,42,50). The minimum atomic E-state index is -0.485. The van der Waals surface area contributed by atoms with Gasteiger partial charge in [-0.1, -0.05) is 72.8 Å². The van der Waals surface area contributed by atoms with E-state index in [0.717, 1.165) is 27.9 Å². The maximum absolute atomic E-state index is 13.8. The summed E-state index contributed by atoms with van der Waals surface area (Å²) < 4.78 is 7.35. The Balaban J connectivity index is 1.23. The molecule has 52 heavy (non-hydrogen) atoms. The fraction of sp³-hybridized carbons (Fsp3) is 0.415. The minimum absolute atomic E-state index is 0.00260. The minimum Gasteiger partial charge on any atom is -0.448 e. The number of amides is 3. The van der Waals surface area contributed by atoms with Crippen molar-refractivity contribution in [3.05, 3.63) is 113 Å². The highest BCUT2D eigenvalue weighted by Crippen LogP contribution is 2.23. The molecule has 3 amide bonds. The lowest BCUT2D eigenvalue weighted by atomic mass is 9.93. The lowest BCUT2D eigenvalue weighted by molar-refractivity contribution is -0.139. The summed E-state index contributed by atoms with van der Waals surface area (Å²) in [5.74, 6) is -0.264. The topological polar surface area (TPSA) is 111 Å². The first kappa shape index (κ1) is 38.1. The fourth-order valence-electron chi connectivity index (χ4n) is 6.63. The number of fused-ring (bicyclic) bond motifs is 1. The smallest absolute Gasteiger partial charge is 0.410 e. The predicted octanol–water partition coefficient (Wildman–Crippen LogP) is 5.27. The van der Waals surface area contributed by atoms with Crippen molar-refractivity contribution in [2.24, 2.45) is 0 Å². The highest BCUT2D eigenvalue weighted by molar-refractivity contribution is 5.82. The number of benzene rings is 3. The summed E-state index contributed by atoms with van der Waals surface area (Å²) in [4.78, 5) is 63.1. The number of imidazole rings is 1. The zero-order valence-corrected chi connectivity index (χ0v) is 31.3. The SMILES string of the molecule is CN(C(=O)CN(CCOC(=O)N1CC=C(n2c(=O)[nH]c3ccccc32)CC1)CC(=O)N(C)C(C)(C)Cc1ccccc1)C(C)(C)Cc1ccccc1. The van der Waals surface area contributed by atoms with E-state index in [2.05, 4.69) is 4.98 Å². The van der Waals surface area contributed by atoms with Gasteiger partial charge in [-0.3, -0.25) is 19.1 Å². The third-order valence-corrected chi connectivity index (χ3v) is 10.2. The monoisotopic (exact) mass is 708 g/mol. The highest BCUT2D eigenvalue weighted by atomic mass is 16.6. The number of carbonyl (C=O) groups is 3. The summed E-state index contributed by atoms with van der Waals surface area (Å²) >= 11 is 0. The summed E-state index contributed by atoms with van der Waals surface area (Å²) in [6.07, 6.45) is 3.22. The molecule has 1 aliphatic heterocycles. The zero-order valence-electron chi connectivity index (χ0n) is 31.3. The average Bonchev–Trinajstić information content (AvgIpc) is 3.46. The van der Waals surface area contributed by atoms with Gasteiger partial charge in [0.15, 0.2) is 0 Å². The van der Waals surface area contributed by atoms with Gasteiger partial charge in [0, 0.05) is 56.9 Å².